The van der Waals surface area contributed by atoms with E-state index in [1.807, 2.05) is 0 Å². The van der Waals surface area contributed by atoms with Gasteiger partial charge in [-0.25, -0.2) is 0 Å². The van der Waals surface area contributed by atoms with Gasteiger partial charge in [-0.1, -0.05) is 0 Å². The molecule has 1 rings (SSSR count). The van der Waals surface area contributed by atoms with Crippen molar-refractivity contribution in [3.8, 4) is 11.5 Å². The van der Waals surface area contributed by atoms with Crippen LogP contribution in [-0.4, -0.2) is 45.8 Å². The quantitative estimate of drug-likeness (QED) is 0.701. The number of carbonyl (C=O) groups is 1. The number of hydrogen-bond donors (Lipinski definition) is 3. The van der Waals surface area contributed by atoms with E-state index in [1.54, 1.807) is 14.0 Å². The first-order chi connectivity index (χ1) is 7.45. The second-order valence-corrected chi connectivity index (χ2v) is 3.69. The molecule has 1 unspecified atom stereocenters. The molecule has 0 aromatic heterocycles. The van der Waals surface area contributed by atoms with Crippen LogP contribution in [0.15, 0.2) is 18.2 Å². The number of aliphatic hydroxyl groups is 1. The number of aromatic hydroxyl groups is 2. The van der Waals surface area contributed by atoms with Gasteiger partial charge in [0.15, 0.2) is 0 Å². The van der Waals surface area contributed by atoms with Gasteiger partial charge in [0.05, 0.1) is 12.6 Å². The van der Waals surface area contributed by atoms with Crippen LogP contribution in [-0.2, 0) is 0 Å². The Hall–Kier alpha value is -1.75. The zero-order chi connectivity index (χ0) is 12.3. The van der Waals surface area contributed by atoms with Crippen molar-refractivity contribution in [2.45, 2.75) is 13.0 Å². The van der Waals surface area contributed by atoms with E-state index in [4.69, 9.17) is 5.11 Å². The van der Waals surface area contributed by atoms with Gasteiger partial charge in [0.1, 0.15) is 11.5 Å². The van der Waals surface area contributed by atoms with Crippen molar-refractivity contribution in [2.24, 2.45) is 0 Å². The highest BCUT2D eigenvalue weighted by Gasteiger charge is 2.17. The molecule has 1 aromatic carbocycles. The molecule has 1 atom stereocenters. The van der Waals surface area contributed by atoms with E-state index in [1.165, 1.54) is 17.0 Å². The number of phenols is 2. The van der Waals surface area contributed by atoms with Crippen molar-refractivity contribution in [3.63, 3.8) is 0 Å². The van der Waals surface area contributed by atoms with Gasteiger partial charge in [-0.05, 0) is 19.1 Å². The molecule has 0 aliphatic heterocycles. The molecule has 0 saturated heterocycles. The number of nitrogens with zero attached hydrogens (tertiary/aromatic N) is 1. The highest BCUT2D eigenvalue weighted by atomic mass is 16.3. The summed E-state index contributed by atoms with van der Waals surface area (Å²) in [6.45, 7) is 1.55. The summed E-state index contributed by atoms with van der Waals surface area (Å²) in [5, 5.41) is 27.4. The molecule has 0 aliphatic rings. The number of likely N-dealkylation sites (N-methyl/N-ethyl adjacent to an activating group) is 1. The average molecular weight is 225 g/mol. The molecule has 0 radical (unpaired) electrons. The summed E-state index contributed by atoms with van der Waals surface area (Å²) in [4.78, 5) is 13.2. The third kappa shape index (κ3) is 2.64. The molecule has 5 nitrogen and oxygen atoms in total. The zero-order valence-electron chi connectivity index (χ0n) is 9.21. The lowest BCUT2D eigenvalue weighted by Gasteiger charge is -2.23. The van der Waals surface area contributed by atoms with Crippen LogP contribution in [0.3, 0.4) is 0 Å². The highest BCUT2D eigenvalue weighted by Crippen LogP contribution is 2.21. The number of phenolic OH excluding ortho intramolecular Hbond substituents is 2. The maximum Gasteiger partial charge on any atom is 0.254 e. The lowest BCUT2D eigenvalue weighted by atomic mass is 10.1. The molecule has 0 aliphatic carbocycles. The number of amides is 1. The fraction of sp³-hybridized carbons (Fsp3) is 0.364. The van der Waals surface area contributed by atoms with Crippen molar-refractivity contribution in [2.75, 3.05) is 13.7 Å². The molecule has 0 fully saturated rings. The van der Waals surface area contributed by atoms with Crippen LogP contribution in [0.5, 0.6) is 11.5 Å². The van der Waals surface area contributed by atoms with Crippen molar-refractivity contribution >= 4 is 5.91 Å². The first-order valence-corrected chi connectivity index (χ1v) is 4.86. The van der Waals surface area contributed by atoms with Crippen LogP contribution >= 0.6 is 0 Å². The maximum atomic E-state index is 11.8. The average Bonchev–Trinajstić information content (AvgIpc) is 2.24. The molecule has 1 aromatic rings. The van der Waals surface area contributed by atoms with E-state index in [9.17, 15) is 15.0 Å². The van der Waals surface area contributed by atoms with E-state index in [-0.39, 0.29) is 35.6 Å². The molecule has 5 heteroatoms. The molecule has 3 N–H and O–H groups in total. The SMILES string of the molecule is CC(CO)N(C)C(=O)c1cc(O)cc(O)c1. The van der Waals surface area contributed by atoms with Crippen LogP contribution in [0.25, 0.3) is 0 Å². The Balaban J connectivity index is 2.96. The van der Waals surface area contributed by atoms with Gasteiger partial charge in [-0.3, -0.25) is 4.79 Å². The van der Waals surface area contributed by atoms with Crippen LogP contribution in [0, 0.1) is 0 Å². The third-order valence-corrected chi connectivity index (χ3v) is 2.40. The van der Waals surface area contributed by atoms with Gasteiger partial charge in [0.2, 0.25) is 0 Å². The molecular formula is C11H15NO4. The Kier molecular flexibility index (Phi) is 3.73. The summed E-state index contributed by atoms with van der Waals surface area (Å²) in [5.41, 5.74) is 0.181. The van der Waals surface area contributed by atoms with Crippen LogP contribution in [0.4, 0.5) is 0 Å². The van der Waals surface area contributed by atoms with Gasteiger partial charge >= 0.3 is 0 Å². The zero-order valence-corrected chi connectivity index (χ0v) is 9.21. The number of hydrogen-bond acceptors (Lipinski definition) is 4. The Morgan fingerprint density at radius 2 is 1.81 bits per heavy atom. The Bertz CT molecular complexity index is 371. The largest absolute Gasteiger partial charge is 0.508 e. The monoisotopic (exact) mass is 225 g/mol. The fourth-order valence-corrected chi connectivity index (χ4v) is 1.24. The number of carbonyl (C=O) groups excluding carboxylic acids is 1. The predicted octanol–water partition coefficient (Wildman–Crippen LogP) is 0.551. The van der Waals surface area contributed by atoms with Gasteiger partial charge in [0.25, 0.3) is 5.91 Å². The molecule has 88 valence electrons. The van der Waals surface area contributed by atoms with Crippen molar-refractivity contribution in [1.82, 2.24) is 4.90 Å². The minimum atomic E-state index is -0.368. The highest BCUT2D eigenvalue weighted by molar-refractivity contribution is 5.95. The van der Waals surface area contributed by atoms with Crippen molar-refractivity contribution in [1.29, 1.82) is 0 Å². The second-order valence-electron chi connectivity index (χ2n) is 3.69. The molecule has 0 saturated carbocycles. The van der Waals surface area contributed by atoms with Crippen molar-refractivity contribution in [3.05, 3.63) is 23.8 Å². The minimum Gasteiger partial charge on any atom is -0.508 e. The molecule has 1 amide bonds. The maximum absolute atomic E-state index is 11.8. The van der Waals surface area contributed by atoms with Crippen LogP contribution in [0.1, 0.15) is 17.3 Å². The number of benzene rings is 1. The lowest BCUT2D eigenvalue weighted by Crippen LogP contribution is -2.37. The summed E-state index contributed by atoms with van der Waals surface area (Å²) in [6.07, 6.45) is 0. The summed E-state index contributed by atoms with van der Waals surface area (Å²) in [6, 6.07) is 3.36. The Morgan fingerprint density at radius 3 is 2.25 bits per heavy atom. The molecule has 0 spiro atoms. The van der Waals surface area contributed by atoms with Crippen LogP contribution < -0.4 is 0 Å². The number of rotatable bonds is 3. The van der Waals surface area contributed by atoms with E-state index in [0.29, 0.717) is 0 Å². The predicted molar refractivity (Wildman–Crippen MR) is 58.4 cm³/mol. The standard InChI is InChI=1S/C11H15NO4/c1-7(6-13)12(2)11(16)8-3-9(14)5-10(15)4-8/h3-5,7,13-15H,6H2,1-2H3. The lowest BCUT2D eigenvalue weighted by molar-refractivity contribution is 0.0681. The Morgan fingerprint density at radius 1 is 1.31 bits per heavy atom. The molecular weight excluding hydrogens is 210 g/mol. The summed E-state index contributed by atoms with van der Waals surface area (Å²) in [7, 11) is 1.55. The van der Waals surface area contributed by atoms with Gasteiger partial charge < -0.3 is 20.2 Å². The van der Waals surface area contributed by atoms with E-state index in [2.05, 4.69) is 0 Å². The van der Waals surface area contributed by atoms with E-state index < -0.39 is 0 Å². The summed E-state index contributed by atoms with van der Waals surface area (Å²) >= 11 is 0. The minimum absolute atomic E-state index is 0.146. The fourth-order valence-electron chi connectivity index (χ4n) is 1.24. The van der Waals surface area contributed by atoms with Gasteiger partial charge in [-0.2, -0.15) is 0 Å². The normalized spacial score (nSPS) is 12.2. The van der Waals surface area contributed by atoms with E-state index in [0.717, 1.165) is 6.07 Å². The third-order valence-electron chi connectivity index (χ3n) is 2.40. The summed E-state index contributed by atoms with van der Waals surface area (Å²) < 4.78 is 0. The molecule has 0 bridgehead atoms. The smallest absolute Gasteiger partial charge is 0.254 e. The molecule has 16 heavy (non-hydrogen) atoms. The first kappa shape index (κ1) is 12.3. The second kappa shape index (κ2) is 4.85. The molecule has 0 heterocycles. The van der Waals surface area contributed by atoms with Gasteiger partial charge in [0, 0.05) is 18.7 Å². The number of aliphatic hydroxyl groups excluding tert-OH is 1. The topological polar surface area (TPSA) is 81.0 Å². The van der Waals surface area contributed by atoms with Gasteiger partial charge in [-0.15, -0.1) is 0 Å². The van der Waals surface area contributed by atoms with Crippen LogP contribution in [0.2, 0.25) is 0 Å². The summed E-state index contributed by atoms with van der Waals surface area (Å²) in [5.74, 6) is -0.713. The first-order valence-electron chi connectivity index (χ1n) is 4.86. The van der Waals surface area contributed by atoms with Crippen molar-refractivity contribution < 1.29 is 20.1 Å². The van der Waals surface area contributed by atoms with E-state index >= 15 is 0 Å². The Labute approximate surface area is 93.6 Å².